The second-order valence-corrected chi connectivity index (χ2v) is 7.69. The summed E-state index contributed by atoms with van der Waals surface area (Å²) in [5.41, 5.74) is 5.09. The van der Waals surface area contributed by atoms with E-state index in [9.17, 15) is 4.79 Å². The predicted octanol–water partition coefficient (Wildman–Crippen LogP) is 3.66. The molecule has 0 aliphatic carbocycles. The fourth-order valence-corrected chi connectivity index (χ4v) is 3.61. The molecule has 1 aliphatic rings. The molecule has 0 unspecified atom stereocenters. The van der Waals surface area contributed by atoms with Gasteiger partial charge in [-0.1, -0.05) is 30.3 Å². The zero-order chi connectivity index (χ0) is 22.2. The van der Waals surface area contributed by atoms with Crippen LogP contribution in [0, 0.1) is 0 Å². The minimum atomic E-state index is -0.303. The van der Waals surface area contributed by atoms with Crippen molar-refractivity contribution in [1.82, 2.24) is 10.3 Å². The molecule has 1 atom stereocenters. The van der Waals surface area contributed by atoms with Gasteiger partial charge in [-0.2, -0.15) is 5.10 Å². The van der Waals surface area contributed by atoms with Crippen molar-refractivity contribution in [2.24, 2.45) is 5.10 Å². The van der Waals surface area contributed by atoms with Gasteiger partial charge in [0.1, 0.15) is 0 Å². The van der Waals surface area contributed by atoms with Crippen LogP contribution in [0.1, 0.15) is 42.7 Å². The van der Waals surface area contributed by atoms with Gasteiger partial charge in [-0.05, 0) is 44.5 Å². The third-order valence-electron chi connectivity index (χ3n) is 5.04. The van der Waals surface area contributed by atoms with Crippen molar-refractivity contribution < 1.29 is 19.0 Å². The summed E-state index contributed by atoms with van der Waals surface area (Å²) in [7, 11) is 1.55. The molecule has 1 heterocycles. The maximum absolute atomic E-state index is 12.7. The van der Waals surface area contributed by atoms with Gasteiger partial charge >= 0.3 is 0 Å². The highest BCUT2D eigenvalue weighted by atomic mass is 16.5. The fraction of sp³-hybridized carbons (Fsp3) is 0.417. The lowest BCUT2D eigenvalue weighted by Crippen LogP contribution is -2.42. The highest BCUT2D eigenvalue weighted by Gasteiger charge is 2.25. The molecule has 1 amide bonds. The number of ether oxygens (including phenoxy) is 3. The van der Waals surface area contributed by atoms with Gasteiger partial charge in [-0.15, -0.1) is 0 Å². The molecule has 0 aromatic heterocycles. The van der Waals surface area contributed by atoms with E-state index < -0.39 is 0 Å². The van der Waals surface area contributed by atoms with Crippen LogP contribution < -0.4 is 14.9 Å². The van der Waals surface area contributed by atoms with Crippen molar-refractivity contribution in [3.63, 3.8) is 0 Å². The maximum Gasteiger partial charge on any atom is 0.271 e. The Kier molecular flexibility index (Phi) is 8.03. The highest BCUT2D eigenvalue weighted by molar-refractivity contribution is 5.96. The zero-order valence-corrected chi connectivity index (χ0v) is 18.6. The van der Waals surface area contributed by atoms with E-state index in [1.807, 2.05) is 39.0 Å². The molecule has 31 heavy (non-hydrogen) atoms. The van der Waals surface area contributed by atoms with Crippen LogP contribution in [0.5, 0.6) is 11.5 Å². The Balaban J connectivity index is 1.77. The molecule has 0 bridgehead atoms. The number of methoxy groups -OCH3 is 1. The summed E-state index contributed by atoms with van der Waals surface area (Å²) in [6.45, 7) is 8.82. The molecule has 0 radical (unpaired) electrons. The molecular formula is C24H31N3O4. The smallest absolute Gasteiger partial charge is 0.271 e. The summed E-state index contributed by atoms with van der Waals surface area (Å²) < 4.78 is 16.6. The van der Waals surface area contributed by atoms with Gasteiger partial charge in [0.15, 0.2) is 11.5 Å². The van der Waals surface area contributed by atoms with Gasteiger partial charge < -0.3 is 14.2 Å². The van der Waals surface area contributed by atoms with E-state index in [-0.39, 0.29) is 18.1 Å². The lowest BCUT2D eigenvalue weighted by molar-refractivity contribution is 0.0285. The number of nitrogens with one attached hydrogen (secondary N) is 1. The number of nitrogens with zero attached hydrogens (tertiary/aromatic N) is 2. The summed E-state index contributed by atoms with van der Waals surface area (Å²) >= 11 is 0. The lowest BCUT2D eigenvalue weighted by Gasteiger charge is -2.34. The molecular weight excluding hydrogens is 394 g/mol. The van der Waals surface area contributed by atoms with E-state index in [4.69, 9.17) is 14.2 Å². The highest BCUT2D eigenvalue weighted by Crippen LogP contribution is 2.29. The Bertz CT molecular complexity index is 893. The van der Waals surface area contributed by atoms with E-state index >= 15 is 0 Å². The van der Waals surface area contributed by atoms with Crippen molar-refractivity contribution in [1.29, 1.82) is 0 Å². The monoisotopic (exact) mass is 425 g/mol. The minimum Gasteiger partial charge on any atom is -0.493 e. The van der Waals surface area contributed by atoms with Crippen LogP contribution in [0.15, 0.2) is 53.6 Å². The van der Waals surface area contributed by atoms with Crippen LogP contribution in [0.25, 0.3) is 0 Å². The molecule has 1 aliphatic heterocycles. The number of carbonyl (C=O) groups is 1. The Labute approximate surface area is 184 Å². The van der Waals surface area contributed by atoms with Gasteiger partial charge in [0.05, 0.1) is 38.2 Å². The summed E-state index contributed by atoms with van der Waals surface area (Å²) in [6.07, 6.45) is 0.0101. The number of rotatable bonds is 8. The fourth-order valence-electron chi connectivity index (χ4n) is 3.61. The third-order valence-corrected chi connectivity index (χ3v) is 5.04. The van der Waals surface area contributed by atoms with E-state index in [1.165, 1.54) is 0 Å². The van der Waals surface area contributed by atoms with E-state index in [2.05, 4.69) is 27.6 Å². The molecule has 166 valence electrons. The quantitative estimate of drug-likeness (QED) is 0.516. The third kappa shape index (κ3) is 6.06. The average molecular weight is 426 g/mol. The van der Waals surface area contributed by atoms with Crippen molar-refractivity contribution >= 4 is 11.6 Å². The zero-order valence-electron chi connectivity index (χ0n) is 18.6. The van der Waals surface area contributed by atoms with Crippen molar-refractivity contribution in [3.05, 3.63) is 59.7 Å². The Hall–Kier alpha value is -2.90. The van der Waals surface area contributed by atoms with Crippen molar-refractivity contribution in [3.8, 4) is 11.5 Å². The molecule has 3 rings (SSSR count). The first-order valence-electron chi connectivity index (χ1n) is 10.6. The number of hydrazone groups is 1. The molecule has 0 saturated carbocycles. The summed E-state index contributed by atoms with van der Waals surface area (Å²) in [5, 5.41) is 4.44. The van der Waals surface area contributed by atoms with Gasteiger partial charge in [-0.3, -0.25) is 9.69 Å². The molecule has 0 spiro atoms. The molecule has 7 nitrogen and oxygen atoms in total. The Morgan fingerprint density at radius 3 is 2.45 bits per heavy atom. The second kappa shape index (κ2) is 10.9. The topological polar surface area (TPSA) is 72.4 Å². The molecule has 2 aromatic rings. The first-order valence-corrected chi connectivity index (χ1v) is 10.6. The van der Waals surface area contributed by atoms with Crippen LogP contribution in [0.3, 0.4) is 0 Å². The summed E-state index contributed by atoms with van der Waals surface area (Å²) in [6, 6.07) is 15.3. The number of morpholine rings is 1. The van der Waals surface area contributed by atoms with Crippen molar-refractivity contribution in [2.45, 2.75) is 32.9 Å². The average Bonchev–Trinajstić information content (AvgIpc) is 2.79. The first kappa shape index (κ1) is 22.8. The molecule has 2 aromatic carbocycles. The van der Waals surface area contributed by atoms with Gasteiger partial charge in [0.25, 0.3) is 5.91 Å². The molecule has 1 saturated heterocycles. The Morgan fingerprint density at radius 1 is 1.10 bits per heavy atom. The summed E-state index contributed by atoms with van der Waals surface area (Å²) in [4.78, 5) is 15.1. The van der Waals surface area contributed by atoms with Crippen LogP contribution in [-0.2, 0) is 4.74 Å². The molecule has 1 N–H and O–H groups in total. The number of amides is 1. The number of carbonyl (C=O) groups excluding carboxylic acids is 1. The number of hydrogen-bond donors (Lipinski definition) is 1. The van der Waals surface area contributed by atoms with E-state index in [0.29, 0.717) is 30.3 Å². The van der Waals surface area contributed by atoms with Crippen LogP contribution in [0.2, 0.25) is 0 Å². The summed E-state index contributed by atoms with van der Waals surface area (Å²) in [5.74, 6) is 0.810. The second-order valence-electron chi connectivity index (χ2n) is 7.69. The van der Waals surface area contributed by atoms with Crippen LogP contribution >= 0.6 is 0 Å². The molecule has 1 fully saturated rings. The van der Waals surface area contributed by atoms with Gasteiger partial charge in [0, 0.05) is 18.7 Å². The van der Waals surface area contributed by atoms with Gasteiger partial charge in [0.2, 0.25) is 0 Å². The first-order chi connectivity index (χ1) is 15.0. The number of benzene rings is 2. The molecule has 7 heteroatoms. The lowest BCUT2D eigenvalue weighted by atomic mass is 10.0. The normalized spacial score (nSPS) is 16.1. The maximum atomic E-state index is 12.7. The van der Waals surface area contributed by atoms with Crippen molar-refractivity contribution in [2.75, 3.05) is 33.4 Å². The van der Waals surface area contributed by atoms with Crippen LogP contribution in [0.4, 0.5) is 0 Å². The van der Waals surface area contributed by atoms with Gasteiger partial charge in [-0.25, -0.2) is 5.43 Å². The largest absolute Gasteiger partial charge is 0.493 e. The SMILES string of the molecule is COc1cc(C(=O)N/N=C(/C)[C@@H](c2ccccc2)N2CCOCC2)ccc1OC(C)C. The Morgan fingerprint density at radius 2 is 1.81 bits per heavy atom. The van der Waals surface area contributed by atoms with E-state index in [0.717, 1.165) is 24.4 Å². The standard InChI is InChI=1S/C24H31N3O4/c1-17(2)31-21-11-10-20(16-22(21)29-4)24(28)26-25-18(3)23(19-8-6-5-7-9-19)27-12-14-30-15-13-27/h5-11,16-17,23H,12-15H2,1-4H3,(H,26,28)/b25-18-/t23-/m0/s1. The van der Waals surface area contributed by atoms with Crippen LogP contribution in [-0.4, -0.2) is 56.0 Å². The minimum absolute atomic E-state index is 0.0101. The van der Waals surface area contributed by atoms with E-state index in [1.54, 1.807) is 25.3 Å². The predicted molar refractivity (Wildman–Crippen MR) is 121 cm³/mol. The number of hydrogen-bond acceptors (Lipinski definition) is 6.